The average Bonchev–Trinajstić information content (AvgIpc) is 2.69. The topological polar surface area (TPSA) is 54.0 Å². The van der Waals surface area contributed by atoms with Gasteiger partial charge in [-0.2, -0.15) is 13.2 Å². The average molecular weight is 446 g/mol. The minimum absolute atomic E-state index is 0.0782. The first-order chi connectivity index (χ1) is 13.8. The molecule has 0 aliphatic heterocycles. The number of halogens is 5. The van der Waals surface area contributed by atoms with Crippen molar-refractivity contribution in [2.75, 3.05) is 11.9 Å². The van der Waals surface area contributed by atoms with Crippen molar-refractivity contribution in [1.29, 1.82) is 0 Å². The van der Waals surface area contributed by atoms with Crippen LogP contribution in [-0.4, -0.2) is 17.4 Å². The summed E-state index contributed by atoms with van der Waals surface area (Å²) in [5.74, 6) is -0.502. The van der Waals surface area contributed by atoms with Gasteiger partial charge in [0.25, 0.3) is 5.91 Å². The molecule has 29 heavy (non-hydrogen) atoms. The van der Waals surface area contributed by atoms with E-state index in [1.54, 1.807) is 6.07 Å². The summed E-state index contributed by atoms with van der Waals surface area (Å²) in [6.07, 6.45) is 2.44. The molecule has 1 fully saturated rings. The van der Waals surface area contributed by atoms with Crippen LogP contribution < -0.4 is 10.6 Å². The van der Waals surface area contributed by atoms with E-state index in [1.165, 1.54) is 12.1 Å². The van der Waals surface area contributed by atoms with Gasteiger partial charge in [-0.15, -0.1) is 0 Å². The van der Waals surface area contributed by atoms with E-state index in [-0.39, 0.29) is 21.4 Å². The van der Waals surface area contributed by atoms with Gasteiger partial charge in [0.2, 0.25) is 0 Å². The highest BCUT2D eigenvalue weighted by Gasteiger charge is 2.38. The normalized spacial score (nSPS) is 15.2. The number of benzene rings is 1. The molecule has 4 nitrogen and oxygen atoms in total. The molecular formula is C20H20Cl2F3N3O. The summed E-state index contributed by atoms with van der Waals surface area (Å²) in [5, 5.41) is 5.52. The number of amides is 1. The molecule has 1 aliphatic rings. The van der Waals surface area contributed by atoms with Gasteiger partial charge >= 0.3 is 6.18 Å². The van der Waals surface area contributed by atoms with Crippen LogP contribution in [0.3, 0.4) is 0 Å². The van der Waals surface area contributed by atoms with Crippen LogP contribution in [0.5, 0.6) is 0 Å². The number of nitrogens with zero attached hydrogens (tertiary/aromatic N) is 1. The van der Waals surface area contributed by atoms with Crippen molar-refractivity contribution in [3.05, 3.63) is 51.8 Å². The van der Waals surface area contributed by atoms with E-state index in [2.05, 4.69) is 15.6 Å². The molecule has 0 bridgehead atoms. The minimum atomic E-state index is -4.77. The Bertz CT molecular complexity index is 884. The summed E-state index contributed by atoms with van der Waals surface area (Å²) in [6.45, 7) is 0.355. The zero-order valence-electron chi connectivity index (χ0n) is 15.5. The predicted molar refractivity (Wildman–Crippen MR) is 108 cm³/mol. The molecule has 1 heterocycles. The maximum atomic E-state index is 13.8. The molecular weight excluding hydrogens is 426 g/mol. The van der Waals surface area contributed by atoms with Crippen LogP contribution >= 0.6 is 23.2 Å². The number of hydrogen-bond acceptors (Lipinski definition) is 3. The number of aromatic nitrogens is 1. The van der Waals surface area contributed by atoms with Gasteiger partial charge in [0.1, 0.15) is 0 Å². The molecule has 9 heteroatoms. The lowest BCUT2D eigenvalue weighted by molar-refractivity contribution is -0.137. The highest BCUT2D eigenvalue weighted by atomic mass is 35.5. The van der Waals surface area contributed by atoms with Crippen LogP contribution in [0, 0.1) is 5.92 Å². The van der Waals surface area contributed by atoms with E-state index < -0.39 is 23.2 Å². The Hall–Kier alpha value is -1.99. The first kappa shape index (κ1) is 21.7. The second kappa shape index (κ2) is 9.22. The number of nitrogens with one attached hydrogen (secondary N) is 2. The molecule has 1 amide bonds. The lowest BCUT2D eigenvalue weighted by atomic mass is 9.89. The fourth-order valence-corrected chi connectivity index (χ4v) is 3.85. The van der Waals surface area contributed by atoms with Crippen molar-refractivity contribution in [3.63, 3.8) is 0 Å². The Morgan fingerprint density at radius 1 is 1.10 bits per heavy atom. The van der Waals surface area contributed by atoms with Crippen molar-refractivity contribution < 1.29 is 18.0 Å². The maximum Gasteiger partial charge on any atom is 0.419 e. The van der Waals surface area contributed by atoms with Crippen LogP contribution in [0.4, 0.5) is 24.5 Å². The number of carbonyl (C=O) groups excluding carboxylic acids is 1. The van der Waals surface area contributed by atoms with Crippen molar-refractivity contribution >= 4 is 40.5 Å². The zero-order chi connectivity index (χ0) is 21.0. The number of rotatable bonds is 5. The SMILES string of the molecule is O=C(NCC1CCCCC1)c1cncc(Nc2cccc(Cl)c2Cl)c1C(F)(F)F. The molecule has 1 saturated carbocycles. The Morgan fingerprint density at radius 2 is 1.83 bits per heavy atom. The Balaban J connectivity index is 1.88. The number of anilines is 2. The minimum Gasteiger partial charge on any atom is -0.352 e. The third kappa shape index (κ3) is 5.34. The molecule has 1 aromatic carbocycles. The van der Waals surface area contributed by atoms with Gasteiger partial charge < -0.3 is 10.6 Å². The van der Waals surface area contributed by atoms with Crippen molar-refractivity contribution in [1.82, 2.24) is 10.3 Å². The molecule has 0 unspecified atom stereocenters. The number of hydrogen-bond donors (Lipinski definition) is 2. The van der Waals surface area contributed by atoms with Crippen molar-refractivity contribution in [2.24, 2.45) is 5.92 Å². The first-order valence-corrected chi connectivity index (χ1v) is 10.1. The van der Waals surface area contributed by atoms with Gasteiger partial charge in [-0.3, -0.25) is 9.78 Å². The summed E-state index contributed by atoms with van der Waals surface area (Å²) < 4.78 is 41.5. The van der Waals surface area contributed by atoms with Gasteiger partial charge in [0.15, 0.2) is 0 Å². The maximum absolute atomic E-state index is 13.8. The van der Waals surface area contributed by atoms with E-state index in [1.807, 2.05) is 0 Å². The molecule has 156 valence electrons. The molecule has 1 aliphatic carbocycles. The second-order valence-electron chi connectivity index (χ2n) is 7.05. The summed E-state index contributed by atoms with van der Waals surface area (Å²) >= 11 is 12.0. The fraction of sp³-hybridized carbons (Fsp3) is 0.400. The van der Waals surface area contributed by atoms with E-state index in [0.29, 0.717) is 12.5 Å². The van der Waals surface area contributed by atoms with Gasteiger partial charge in [-0.25, -0.2) is 0 Å². The van der Waals surface area contributed by atoms with Crippen LogP contribution in [0.25, 0.3) is 0 Å². The monoisotopic (exact) mass is 445 g/mol. The van der Waals surface area contributed by atoms with Gasteiger partial charge in [0.05, 0.1) is 38.7 Å². The highest BCUT2D eigenvalue weighted by Crippen LogP contribution is 2.40. The van der Waals surface area contributed by atoms with Gasteiger partial charge in [0, 0.05) is 12.7 Å². The number of alkyl halides is 3. The van der Waals surface area contributed by atoms with Crippen molar-refractivity contribution in [3.8, 4) is 0 Å². The Kier molecular flexibility index (Phi) is 6.90. The Morgan fingerprint density at radius 3 is 2.52 bits per heavy atom. The molecule has 2 aromatic rings. The lowest BCUT2D eigenvalue weighted by Gasteiger charge is -2.22. The number of pyridine rings is 1. The molecule has 0 radical (unpaired) electrons. The van der Waals surface area contributed by atoms with Crippen LogP contribution in [-0.2, 0) is 6.18 Å². The van der Waals surface area contributed by atoms with Crippen LogP contribution in [0.15, 0.2) is 30.6 Å². The number of carbonyl (C=O) groups is 1. The van der Waals surface area contributed by atoms with Crippen LogP contribution in [0.2, 0.25) is 10.0 Å². The largest absolute Gasteiger partial charge is 0.419 e. The summed E-state index contributed by atoms with van der Waals surface area (Å²) in [6, 6.07) is 4.56. The zero-order valence-corrected chi connectivity index (χ0v) is 17.0. The third-order valence-corrected chi connectivity index (χ3v) is 5.79. The predicted octanol–water partition coefficient (Wildman–Crippen LogP) is 6.46. The van der Waals surface area contributed by atoms with Gasteiger partial charge in [-0.1, -0.05) is 48.5 Å². The highest BCUT2D eigenvalue weighted by molar-refractivity contribution is 6.43. The summed E-state index contributed by atoms with van der Waals surface area (Å²) in [4.78, 5) is 16.4. The smallest absolute Gasteiger partial charge is 0.352 e. The van der Waals surface area contributed by atoms with E-state index in [9.17, 15) is 18.0 Å². The van der Waals surface area contributed by atoms with E-state index >= 15 is 0 Å². The van der Waals surface area contributed by atoms with Gasteiger partial charge in [-0.05, 0) is 30.9 Å². The second-order valence-corrected chi connectivity index (χ2v) is 7.83. The van der Waals surface area contributed by atoms with Crippen LogP contribution in [0.1, 0.15) is 48.0 Å². The quantitative estimate of drug-likeness (QED) is 0.554. The summed E-state index contributed by atoms with van der Waals surface area (Å²) in [5.41, 5.74) is -1.81. The summed E-state index contributed by atoms with van der Waals surface area (Å²) in [7, 11) is 0. The van der Waals surface area contributed by atoms with E-state index in [4.69, 9.17) is 23.2 Å². The molecule has 0 atom stereocenters. The fourth-order valence-electron chi connectivity index (χ4n) is 3.50. The van der Waals surface area contributed by atoms with Crippen molar-refractivity contribution in [2.45, 2.75) is 38.3 Å². The third-order valence-electron chi connectivity index (χ3n) is 4.97. The van der Waals surface area contributed by atoms with E-state index in [0.717, 1.165) is 44.5 Å². The molecule has 1 aromatic heterocycles. The molecule has 0 spiro atoms. The first-order valence-electron chi connectivity index (χ1n) is 9.32. The Labute approximate surface area is 176 Å². The molecule has 2 N–H and O–H groups in total. The molecule has 3 rings (SSSR count). The molecule has 0 saturated heterocycles. The lowest BCUT2D eigenvalue weighted by Crippen LogP contribution is -2.32. The standard InChI is InChI=1S/C20H20Cl2F3N3O/c21-14-7-4-8-15(18(14)22)28-16-11-26-10-13(17(16)20(23,24)25)19(29)27-9-12-5-2-1-3-6-12/h4,7-8,10-12,28H,1-3,5-6,9H2,(H,27,29).